The van der Waals surface area contributed by atoms with Crippen LogP contribution in [0.15, 0.2) is 48.5 Å². The summed E-state index contributed by atoms with van der Waals surface area (Å²) in [6.07, 6.45) is -3.53. The van der Waals surface area contributed by atoms with Gasteiger partial charge in [-0.05, 0) is 60.9 Å². The van der Waals surface area contributed by atoms with Crippen molar-refractivity contribution in [3.63, 3.8) is 0 Å². The standard InChI is InChI=1S/C27H37F3N2O2/c1-19(2)32(22-13-11-20(12-14-22)26(6,7)18-25(3,4)5)16-15-24(33)31-21-9-8-10-23(17-21)34-27(28,29)30/h8-14,17,19H,15-16,18H2,1-7H3,(H,31,33). The van der Waals surface area contributed by atoms with Crippen LogP contribution in [0.25, 0.3) is 0 Å². The number of nitrogens with zero attached hydrogens (tertiary/aromatic N) is 1. The molecule has 0 spiro atoms. The molecule has 0 aromatic heterocycles. The third-order valence-corrected chi connectivity index (χ3v) is 5.51. The van der Waals surface area contributed by atoms with Gasteiger partial charge in [-0.2, -0.15) is 0 Å². The first kappa shape index (κ1) is 27.5. The zero-order chi connectivity index (χ0) is 25.7. The van der Waals surface area contributed by atoms with E-state index < -0.39 is 6.36 Å². The summed E-state index contributed by atoms with van der Waals surface area (Å²) in [6, 6.07) is 13.9. The molecule has 2 rings (SSSR count). The van der Waals surface area contributed by atoms with Crippen LogP contribution in [0.3, 0.4) is 0 Å². The van der Waals surface area contributed by atoms with Gasteiger partial charge in [0.05, 0.1) is 0 Å². The Morgan fingerprint density at radius 3 is 2.15 bits per heavy atom. The van der Waals surface area contributed by atoms with Gasteiger partial charge in [-0.3, -0.25) is 4.79 Å². The topological polar surface area (TPSA) is 41.6 Å². The smallest absolute Gasteiger partial charge is 0.406 e. The summed E-state index contributed by atoms with van der Waals surface area (Å²) >= 11 is 0. The van der Waals surface area contributed by atoms with E-state index in [9.17, 15) is 18.0 Å². The van der Waals surface area contributed by atoms with Gasteiger partial charge in [0.1, 0.15) is 5.75 Å². The number of rotatable bonds is 9. The highest BCUT2D eigenvalue weighted by Gasteiger charge is 2.31. The molecule has 188 valence electrons. The molecule has 1 N–H and O–H groups in total. The molecule has 0 atom stereocenters. The van der Waals surface area contributed by atoms with E-state index in [0.717, 1.165) is 18.2 Å². The maximum Gasteiger partial charge on any atom is 0.573 e. The Kier molecular flexibility index (Phi) is 8.67. The summed E-state index contributed by atoms with van der Waals surface area (Å²) in [6.45, 7) is 15.9. The second kappa shape index (κ2) is 10.7. The van der Waals surface area contributed by atoms with Crippen molar-refractivity contribution in [2.24, 2.45) is 5.41 Å². The molecule has 0 unspecified atom stereocenters. The van der Waals surface area contributed by atoms with Gasteiger partial charge >= 0.3 is 6.36 Å². The van der Waals surface area contributed by atoms with E-state index in [0.29, 0.717) is 6.54 Å². The molecule has 0 fully saturated rings. The number of anilines is 2. The number of benzene rings is 2. The zero-order valence-electron chi connectivity index (χ0n) is 21.2. The molecule has 4 nitrogen and oxygen atoms in total. The molecular weight excluding hydrogens is 441 g/mol. The van der Waals surface area contributed by atoms with Crippen molar-refractivity contribution >= 4 is 17.3 Å². The van der Waals surface area contributed by atoms with Gasteiger partial charge in [0.15, 0.2) is 0 Å². The highest BCUT2D eigenvalue weighted by Crippen LogP contribution is 2.37. The molecule has 1 amide bonds. The Bertz CT molecular complexity index is 946. The molecule has 0 heterocycles. The molecule has 2 aromatic rings. The highest BCUT2D eigenvalue weighted by molar-refractivity contribution is 5.91. The summed E-state index contributed by atoms with van der Waals surface area (Å²) in [5.74, 6) is -0.652. The Morgan fingerprint density at radius 1 is 1.00 bits per heavy atom. The normalized spacial score (nSPS) is 12.6. The number of amides is 1. The molecule has 0 saturated carbocycles. The minimum absolute atomic E-state index is 0.0453. The molecule has 0 bridgehead atoms. The molecule has 0 saturated heterocycles. The van der Waals surface area contributed by atoms with Crippen LogP contribution in [0.5, 0.6) is 5.75 Å². The lowest BCUT2D eigenvalue weighted by Gasteiger charge is -2.34. The van der Waals surface area contributed by atoms with Gasteiger partial charge < -0.3 is 15.0 Å². The monoisotopic (exact) mass is 478 g/mol. The van der Waals surface area contributed by atoms with E-state index in [1.54, 1.807) is 0 Å². The maximum atomic E-state index is 12.5. The number of hydrogen-bond acceptors (Lipinski definition) is 3. The number of hydrogen-bond donors (Lipinski definition) is 1. The lowest BCUT2D eigenvalue weighted by atomic mass is 9.72. The van der Waals surface area contributed by atoms with Crippen LogP contribution in [0.1, 0.15) is 66.9 Å². The van der Waals surface area contributed by atoms with Crippen molar-refractivity contribution < 1.29 is 22.7 Å². The Hall–Kier alpha value is -2.70. The lowest BCUT2D eigenvalue weighted by molar-refractivity contribution is -0.274. The summed E-state index contributed by atoms with van der Waals surface area (Å²) in [7, 11) is 0. The van der Waals surface area contributed by atoms with Crippen LogP contribution in [-0.2, 0) is 10.2 Å². The summed E-state index contributed by atoms with van der Waals surface area (Å²) < 4.78 is 41.2. The Labute approximate surface area is 201 Å². The average Bonchev–Trinajstić information content (AvgIpc) is 2.65. The molecule has 0 aliphatic heterocycles. The fourth-order valence-corrected chi connectivity index (χ4v) is 4.43. The fraction of sp³-hybridized carbons (Fsp3) is 0.519. The Balaban J connectivity index is 2.03. The largest absolute Gasteiger partial charge is 0.573 e. The summed E-state index contributed by atoms with van der Waals surface area (Å²) in [4.78, 5) is 14.6. The average molecular weight is 479 g/mol. The molecule has 0 aliphatic carbocycles. The van der Waals surface area contributed by atoms with Crippen LogP contribution in [0.4, 0.5) is 24.5 Å². The third-order valence-electron chi connectivity index (χ3n) is 5.51. The van der Waals surface area contributed by atoms with E-state index in [-0.39, 0.29) is 40.6 Å². The second-order valence-electron chi connectivity index (χ2n) is 10.8. The quantitative estimate of drug-likeness (QED) is 0.405. The molecule has 34 heavy (non-hydrogen) atoms. The van der Waals surface area contributed by atoms with Crippen molar-refractivity contribution in [1.29, 1.82) is 0 Å². The third kappa shape index (κ3) is 8.92. The molecule has 0 aliphatic rings. The maximum absolute atomic E-state index is 12.5. The first-order valence-corrected chi connectivity index (χ1v) is 11.6. The van der Waals surface area contributed by atoms with Crippen molar-refractivity contribution in [1.82, 2.24) is 0 Å². The van der Waals surface area contributed by atoms with Gasteiger partial charge in [0.2, 0.25) is 5.91 Å². The van der Waals surface area contributed by atoms with Gasteiger partial charge in [-0.1, -0.05) is 52.8 Å². The van der Waals surface area contributed by atoms with Crippen LogP contribution < -0.4 is 15.0 Å². The highest BCUT2D eigenvalue weighted by atomic mass is 19.4. The minimum Gasteiger partial charge on any atom is -0.406 e. The lowest BCUT2D eigenvalue weighted by Crippen LogP contribution is -2.34. The van der Waals surface area contributed by atoms with Crippen LogP contribution in [0, 0.1) is 5.41 Å². The van der Waals surface area contributed by atoms with Gasteiger partial charge in [-0.25, -0.2) is 0 Å². The van der Waals surface area contributed by atoms with E-state index in [2.05, 4.69) is 87.7 Å². The summed E-state index contributed by atoms with van der Waals surface area (Å²) in [5, 5.41) is 2.65. The molecule has 2 aromatic carbocycles. The SMILES string of the molecule is CC(C)N(CCC(=O)Nc1cccc(OC(F)(F)F)c1)c1ccc(C(C)(C)CC(C)(C)C)cc1. The predicted octanol–water partition coefficient (Wildman–Crippen LogP) is 7.54. The number of carbonyl (C=O) groups excluding carboxylic acids is 1. The molecule has 0 radical (unpaired) electrons. The van der Waals surface area contributed by atoms with Crippen molar-refractivity contribution in [2.75, 3.05) is 16.8 Å². The first-order chi connectivity index (χ1) is 15.6. The van der Waals surface area contributed by atoms with Crippen LogP contribution >= 0.6 is 0 Å². The van der Waals surface area contributed by atoms with Crippen molar-refractivity contribution in [3.05, 3.63) is 54.1 Å². The van der Waals surface area contributed by atoms with E-state index in [1.807, 2.05) is 0 Å². The van der Waals surface area contributed by atoms with E-state index in [1.165, 1.54) is 23.8 Å². The summed E-state index contributed by atoms with van der Waals surface area (Å²) in [5.41, 5.74) is 2.82. The van der Waals surface area contributed by atoms with E-state index >= 15 is 0 Å². The van der Waals surface area contributed by atoms with Gasteiger partial charge in [0, 0.05) is 36.4 Å². The Morgan fingerprint density at radius 2 is 1.62 bits per heavy atom. The van der Waals surface area contributed by atoms with Crippen LogP contribution in [-0.4, -0.2) is 24.9 Å². The van der Waals surface area contributed by atoms with Crippen molar-refractivity contribution in [2.45, 2.75) is 79.1 Å². The van der Waals surface area contributed by atoms with Crippen molar-refractivity contribution in [3.8, 4) is 5.75 Å². The number of alkyl halides is 3. The van der Waals surface area contributed by atoms with Crippen LogP contribution in [0.2, 0.25) is 0 Å². The first-order valence-electron chi connectivity index (χ1n) is 11.6. The fourth-order valence-electron chi connectivity index (χ4n) is 4.43. The number of halogens is 3. The minimum atomic E-state index is -4.78. The van der Waals surface area contributed by atoms with Gasteiger partial charge in [0.25, 0.3) is 0 Å². The zero-order valence-corrected chi connectivity index (χ0v) is 21.2. The number of nitrogens with one attached hydrogen (secondary N) is 1. The predicted molar refractivity (Wildman–Crippen MR) is 132 cm³/mol. The number of ether oxygens (including phenoxy) is 1. The second-order valence-corrected chi connectivity index (χ2v) is 10.8. The van der Waals surface area contributed by atoms with E-state index in [4.69, 9.17) is 0 Å². The molecule has 7 heteroatoms. The molecular formula is C27H37F3N2O2. The number of carbonyl (C=O) groups is 1. The van der Waals surface area contributed by atoms with Gasteiger partial charge in [-0.15, -0.1) is 13.2 Å².